The van der Waals surface area contributed by atoms with Gasteiger partial charge in [0, 0.05) is 12.1 Å². The number of para-hydroxylation sites is 2. The van der Waals surface area contributed by atoms with Crippen molar-refractivity contribution in [3.05, 3.63) is 54.1 Å². The predicted molar refractivity (Wildman–Crippen MR) is 160 cm³/mol. The van der Waals surface area contributed by atoms with Gasteiger partial charge in [0.1, 0.15) is 11.9 Å². The number of benzene rings is 2. The highest BCUT2D eigenvalue weighted by Gasteiger charge is 2.35. The summed E-state index contributed by atoms with van der Waals surface area (Å²) in [4.78, 5) is 43.1. The van der Waals surface area contributed by atoms with Crippen LogP contribution in [0, 0.1) is 17.8 Å². The van der Waals surface area contributed by atoms with Crippen LogP contribution in [0.2, 0.25) is 0 Å². The summed E-state index contributed by atoms with van der Waals surface area (Å²) in [6.07, 6.45) is 8.82. The molecule has 1 heterocycles. The van der Waals surface area contributed by atoms with Crippen LogP contribution >= 0.6 is 12.4 Å². The van der Waals surface area contributed by atoms with E-state index in [4.69, 9.17) is 14.5 Å². The number of imidazole rings is 1. The zero-order valence-corrected chi connectivity index (χ0v) is 24.7. The van der Waals surface area contributed by atoms with E-state index in [9.17, 15) is 14.4 Å². The molecule has 1 amide bonds. The molecule has 2 aliphatic rings. The Balaban J connectivity index is 0.00000387. The second-order valence-corrected chi connectivity index (χ2v) is 11.2. The number of carbonyl (C=O) groups is 3. The molecular weight excluding hydrogens is 542 g/mol. The van der Waals surface area contributed by atoms with Crippen molar-refractivity contribution >= 4 is 41.3 Å². The molecule has 2 fully saturated rings. The van der Waals surface area contributed by atoms with E-state index in [0.29, 0.717) is 18.0 Å². The number of fused-ring (bicyclic) bond motifs is 1. The van der Waals surface area contributed by atoms with Crippen LogP contribution in [0.25, 0.3) is 22.4 Å². The predicted octanol–water partition coefficient (Wildman–Crippen LogP) is 6.13. The Morgan fingerprint density at radius 3 is 2.24 bits per heavy atom. The molecule has 1 unspecified atom stereocenters. The standard InChI is InChI=1S/C32H39N3O5.ClH/c1-39-31(37)24-14-12-21(13-15-24)20-33-30(36)28(22-8-4-3-5-9-22)35-27-11-7-6-10-26(27)34-29(35)23-16-18-25(19-17-23)32(38)40-2;/h6-7,10-11,16-19,21-22,24,28H,3-5,8-9,12-15,20H2,1-2H3,(H,33,36);1H/t21-,24-,28?;. The SMILES string of the molecule is COC(=O)c1ccc(-c2nc3ccccc3n2C(C(=O)NC[C@H]2CC[C@H](C(=O)OC)CC2)C2CCCCC2)cc1.Cl. The third kappa shape index (κ3) is 6.75. The maximum absolute atomic E-state index is 14.1. The molecule has 0 bridgehead atoms. The first-order valence-electron chi connectivity index (χ1n) is 14.5. The lowest BCUT2D eigenvalue weighted by molar-refractivity contribution is -0.146. The normalized spacial score (nSPS) is 20.0. The zero-order chi connectivity index (χ0) is 28.1. The van der Waals surface area contributed by atoms with Crippen molar-refractivity contribution < 1.29 is 23.9 Å². The van der Waals surface area contributed by atoms with Gasteiger partial charge in [-0.25, -0.2) is 9.78 Å². The molecule has 5 rings (SSSR count). The van der Waals surface area contributed by atoms with E-state index in [1.165, 1.54) is 20.6 Å². The lowest BCUT2D eigenvalue weighted by atomic mass is 9.81. The van der Waals surface area contributed by atoms with E-state index in [2.05, 4.69) is 9.88 Å². The monoisotopic (exact) mass is 581 g/mol. The molecule has 41 heavy (non-hydrogen) atoms. The smallest absolute Gasteiger partial charge is 0.337 e. The van der Waals surface area contributed by atoms with E-state index in [-0.39, 0.29) is 42.1 Å². The topological polar surface area (TPSA) is 99.5 Å². The lowest BCUT2D eigenvalue weighted by Gasteiger charge is -2.33. The van der Waals surface area contributed by atoms with Crippen LogP contribution in [0.4, 0.5) is 0 Å². The molecule has 220 valence electrons. The first-order chi connectivity index (χ1) is 19.5. The van der Waals surface area contributed by atoms with Crippen molar-refractivity contribution in [1.29, 1.82) is 0 Å². The molecule has 1 aromatic heterocycles. The van der Waals surface area contributed by atoms with Gasteiger partial charge in [0.05, 0.1) is 36.7 Å². The molecule has 0 aliphatic heterocycles. The Hall–Kier alpha value is -3.39. The highest BCUT2D eigenvalue weighted by molar-refractivity contribution is 5.91. The number of esters is 2. The fourth-order valence-electron chi connectivity index (χ4n) is 6.51. The molecule has 1 N–H and O–H groups in total. The molecule has 0 spiro atoms. The van der Waals surface area contributed by atoms with Gasteiger partial charge >= 0.3 is 11.9 Å². The Kier molecular flexibility index (Phi) is 10.4. The van der Waals surface area contributed by atoms with Crippen LogP contribution in [0.3, 0.4) is 0 Å². The van der Waals surface area contributed by atoms with E-state index in [0.717, 1.165) is 73.8 Å². The molecule has 1 atom stereocenters. The number of hydrogen-bond acceptors (Lipinski definition) is 6. The lowest BCUT2D eigenvalue weighted by Crippen LogP contribution is -2.40. The number of hydrogen-bond donors (Lipinski definition) is 1. The van der Waals surface area contributed by atoms with Crippen LogP contribution in [-0.4, -0.2) is 48.2 Å². The summed E-state index contributed by atoms with van der Waals surface area (Å²) in [5, 5.41) is 3.31. The maximum Gasteiger partial charge on any atom is 0.337 e. The van der Waals surface area contributed by atoms with E-state index < -0.39 is 6.04 Å². The highest BCUT2D eigenvalue weighted by atomic mass is 35.5. The first kappa shape index (κ1) is 30.6. The Morgan fingerprint density at radius 1 is 0.902 bits per heavy atom. The second-order valence-electron chi connectivity index (χ2n) is 11.2. The molecule has 9 heteroatoms. The fraction of sp³-hybridized carbons (Fsp3) is 0.500. The minimum atomic E-state index is -0.394. The summed E-state index contributed by atoms with van der Waals surface area (Å²) in [5.74, 6) is 0.757. The number of halogens is 1. The molecule has 3 aromatic rings. The molecular formula is C32H40ClN3O5. The average molecular weight is 582 g/mol. The van der Waals surface area contributed by atoms with E-state index >= 15 is 0 Å². The number of methoxy groups -OCH3 is 2. The van der Waals surface area contributed by atoms with Crippen LogP contribution in [0.5, 0.6) is 0 Å². The minimum absolute atomic E-state index is 0. The second kappa shape index (κ2) is 14.0. The number of nitrogens with one attached hydrogen (secondary N) is 1. The summed E-state index contributed by atoms with van der Waals surface area (Å²) in [5.41, 5.74) is 3.08. The third-order valence-electron chi connectivity index (χ3n) is 8.75. The van der Waals surface area contributed by atoms with Crippen LogP contribution in [0.15, 0.2) is 48.5 Å². The van der Waals surface area contributed by atoms with Gasteiger partial charge in [-0.15, -0.1) is 12.4 Å². The van der Waals surface area contributed by atoms with Crippen molar-refractivity contribution in [2.45, 2.75) is 63.8 Å². The molecule has 0 radical (unpaired) electrons. The zero-order valence-electron chi connectivity index (χ0n) is 23.8. The van der Waals surface area contributed by atoms with Crippen LogP contribution in [-0.2, 0) is 19.1 Å². The molecule has 2 aliphatic carbocycles. The van der Waals surface area contributed by atoms with Crippen molar-refractivity contribution in [2.24, 2.45) is 17.8 Å². The van der Waals surface area contributed by atoms with Gasteiger partial charge in [-0.05, 0) is 74.6 Å². The fourth-order valence-corrected chi connectivity index (χ4v) is 6.51. The van der Waals surface area contributed by atoms with Crippen LogP contribution < -0.4 is 5.32 Å². The van der Waals surface area contributed by atoms with Gasteiger partial charge in [0.25, 0.3) is 0 Å². The molecule has 2 saturated carbocycles. The van der Waals surface area contributed by atoms with Gasteiger partial charge in [0.15, 0.2) is 0 Å². The van der Waals surface area contributed by atoms with Gasteiger partial charge in [-0.2, -0.15) is 0 Å². The summed E-state index contributed by atoms with van der Waals surface area (Å²) < 4.78 is 11.9. The van der Waals surface area contributed by atoms with Crippen molar-refractivity contribution in [3.8, 4) is 11.4 Å². The average Bonchev–Trinajstić information content (AvgIpc) is 3.39. The molecule has 2 aromatic carbocycles. The van der Waals surface area contributed by atoms with Crippen LogP contribution in [0.1, 0.15) is 74.2 Å². The molecule has 0 saturated heterocycles. The van der Waals surface area contributed by atoms with E-state index in [1.807, 2.05) is 36.4 Å². The number of aromatic nitrogens is 2. The van der Waals surface area contributed by atoms with Gasteiger partial charge in [-0.3, -0.25) is 9.59 Å². The number of carbonyl (C=O) groups excluding carboxylic acids is 3. The summed E-state index contributed by atoms with van der Waals surface area (Å²) >= 11 is 0. The van der Waals surface area contributed by atoms with Crippen molar-refractivity contribution in [2.75, 3.05) is 20.8 Å². The molecule has 8 nitrogen and oxygen atoms in total. The summed E-state index contributed by atoms with van der Waals surface area (Å²) in [6, 6.07) is 14.8. The minimum Gasteiger partial charge on any atom is -0.469 e. The van der Waals surface area contributed by atoms with Gasteiger partial charge in [-0.1, -0.05) is 43.5 Å². The quantitative estimate of drug-likeness (QED) is 0.321. The number of amides is 1. The highest BCUT2D eigenvalue weighted by Crippen LogP contribution is 2.38. The Labute approximate surface area is 247 Å². The first-order valence-corrected chi connectivity index (χ1v) is 14.5. The Bertz CT molecular complexity index is 1340. The van der Waals surface area contributed by atoms with Crippen molar-refractivity contribution in [1.82, 2.24) is 14.9 Å². The summed E-state index contributed by atoms with van der Waals surface area (Å²) in [7, 11) is 2.81. The largest absolute Gasteiger partial charge is 0.469 e. The van der Waals surface area contributed by atoms with Gasteiger partial charge in [0.2, 0.25) is 5.91 Å². The number of rotatable bonds is 8. The summed E-state index contributed by atoms with van der Waals surface area (Å²) in [6.45, 7) is 0.603. The number of nitrogens with zero attached hydrogens (tertiary/aromatic N) is 2. The number of ether oxygens (including phenoxy) is 2. The maximum atomic E-state index is 14.1. The van der Waals surface area contributed by atoms with E-state index in [1.54, 1.807) is 12.1 Å². The van der Waals surface area contributed by atoms with Gasteiger partial charge < -0.3 is 19.4 Å². The Morgan fingerprint density at radius 2 is 1.59 bits per heavy atom. The van der Waals surface area contributed by atoms with Crippen molar-refractivity contribution in [3.63, 3.8) is 0 Å². The third-order valence-corrected chi connectivity index (χ3v) is 8.75.